The molecule has 3 N–H and O–H groups in total. The number of nitrogens with zero attached hydrogens (tertiary/aromatic N) is 1. The fourth-order valence-electron chi connectivity index (χ4n) is 4.28. The summed E-state index contributed by atoms with van der Waals surface area (Å²) in [7, 11) is 0. The molecule has 148 valence electrons. The molecule has 2 aromatic heterocycles. The van der Waals surface area contributed by atoms with Crippen molar-refractivity contribution >= 4 is 27.5 Å². The Morgan fingerprint density at radius 3 is 2.27 bits per heavy atom. The van der Waals surface area contributed by atoms with E-state index in [4.69, 9.17) is 0 Å². The number of H-pyrrole nitrogens is 2. The number of para-hydroxylation sites is 1. The monoisotopic (exact) mass is 397 g/mol. The van der Waals surface area contributed by atoms with Gasteiger partial charge in [0.2, 0.25) is 0 Å². The van der Waals surface area contributed by atoms with Crippen LogP contribution in [0.15, 0.2) is 79.1 Å². The highest BCUT2D eigenvalue weighted by Crippen LogP contribution is 2.41. The zero-order valence-electron chi connectivity index (χ0n) is 16.0. The van der Waals surface area contributed by atoms with E-state index in [2.05, 4.69) is 16.0 Å². The Balaban J connectivity index is 1.82. The minimum absolute atomic E-state index is 0.0523. The molecule has 0 aliphatic heterocycles. The van der Waals surface area contributed by atoms with Crippen molar-refractivity contribution in [1.82, 2.24) is 9.97 Å². The zero-order valence-corrected chi connectivity index (χ0v) is 16.0. The first-order valence-corrected chi connectivity index (χ1v) is 9.67. The average molecular weight is 397 g/mol. The summed E-state index contributed by atoms with van der Waals surface area (Å²) in [5, 5.41) is 23.3. The van der Waals surface area contributed by atoms with Gasteiger partial charge in [0.05, 0.1) is 11.5 Å². The molecule has 6 heteroatoms. The van der Waals surface area contributed by atoms with Crippen LogP contribution in [0.4, 0.5) is 5.69 Å². The Kier molecular flexibility index (Phi) is 4.34. The van der Waals surface area contributed by atoms with Crippen LogP contribution in [0.5, 0.6) is 0 Å². The molecule has 0 bridgehead atoms. The largest absolute Gasteiger partial charge is 0.392 e. The highest BCUT2D eigenvalue weighted by atomic mass is 16.6. The standard InChI is InChI=1S/C24H19N3O3/c28-14-15-5-1-2-6-17(15)24(20-12-25-22-8-4-3-7-18(20)22)21-13-26-23-10-9-16(27(29)30)11-19(21)23/h1-13,24-26,28H,14H2. The van der Waals surface area contributed by atoms with Gasteiger partial charge in [-0.3, -0.25) is 10.1 Å². The lowest BCUT2D eigenvalue weighted by Crippen LogP contribution is -2.06. The number of nitro benzene ring substituents is 1. The number of benzene rings is 3. The number of hydrogen-bond acceptors (Lipinski definition) is 3. The molecule has 0 spiro atoms. The van der Waals surface area contributed by atoms with E-state index in [-0.39, 0.29) is 23.1 Å². The predicted molar refractivity (Wildman–Crippen MR) is 117 cm³/mol. The van der Waals surface area contributed by atoms with E-state index in [0.29, 0.717) is 0 Å². The maximum Gasteiger partial charge on any atom is 0.270 e. The van der Waals surface area contributed by atoms with Crippen LogP contribution in [0, 0.1) is 10.1 Å². The van der Waals surface area contributed by atoms with Crippen molar-refractivity contribution in [2.75, 3.05) is 0 Å². The van der Waals surface area contributed by atoms with Gasteiger partial charge in [-0.2, -0.15) is 0 Å². The second-order valence-electron chi connectivity index (χ2n) is 7.31. The maximum absolute atomic E-state index is 11.4. The molecule has 0 saturated carbocycles. The van der Waals surface area contributed by atoms with Crippen LogP contribution in [0.1, 0.15) is 28.2 Å². The first kappa shape index (κ1) is 18.1. The average Bonchev–Trinajstić information content (AvgIpc) is 3.39. The lowest BCUT2D eigenvalue weighted by molar-refractivity contribution is -0.384. The predicted octanol–water partition coefficient (Wildman–Crippen LogP) is 5.23. The van der Waals surface area contributed by atoms with Gasteiger partial charge in [-0.25, -0.2) is 0 Å². The van der Waals surface area contributed by atoms with E-state index in [0.717, 1.165) is 44.1 Å². The van der Waals surface area contributed by atoms with Gasteiger partial charge in [0.1, 0.15) is 0 Å². The van der Waals surface area contributed by atoms with Gasteiger partial charge in [-0.05, 0) is 34.4 Å². The molecule has 0 radical (unpaired) electrons. The van der Waals surface area contributed by atoms with Crippen LogP contribution < -0.4 is 0 Å². The fourth-order valence-corrected chi connectivity index (χ4v) is 4.28. The highest BCUT2D eigenvalue weighted by molar-refractivity contribution is 5.90. The molecule has 0 aliphatic rings. The van der Waals surface area contributed by atoms with E-state index in [9.17, 15) is 15.2 Å². The van der Waals surface area contributed by atoms with Crippen molar-refractivity contribution in [2.45, 2.75) is 12.5 Å². The number of non-ortho nitro benzene ring substituents is 1. The summed E-state index contributed by atoms with van der Waals surface area (Å²) in [5.41, 5.74) is 5.69. The van der Waals surface area contributed by atoms with E-state index >= 15 is 0 Å². The van der Waals surface area contributed by atoms with Crippen LogP contribution >= 0.6 is 0 Å². The van der Waals surface area contributed by atoms with Crippen molar-refractivity contribution in [2.24, 2.45) is 0 Å². The smallest absolute Gasteiger partial charge is 0.270 e. The Hall–Kier alpha value is -3.90. The molecule has 1 unspecified atom stereocenters. The van der Waals surface area contributed by atoms with Crippen LogP contribution in [0.3, 0.4) is 0 Å². The Morgan fingerprint density at radius 2 is 1.50 bits per heavy atom. The van der Waals surface area contributed by atoms with E-state index in [1.807, 2.05) is 54.9 Å². The van der Waals surface area contributed by atoms with Gasteiger partial charge in [-0.15, -0.1) is 0 Å². The molecular weight excluding hydrogens is 378 g/mol. The third-order valence-corrected chi connectivity index (χ3v) is 5.69. The maximum atomic E-state index is 11.4. The van der Waals surface area contributed by atoms with Crippen molar-refractivity contribution in [1.29, 1.82) is 0 Å². The highest BCUT2D eigenvalue weighted by Gasteiger charge is 2.25. The number of aromatic nitrogens is 2. The second-order valence-corrected chi connectivity index (χ2v) is 7.31. The first-order chi connectivity index (χ1) is 14.7. The number of hydrogen-bond donors (Lipinski definition) is 3. The van der Waals surface area contributed by atoms with E-state index in [1.165, 1.54) is 6.07 Å². The van der Waals surface area contributed by atoms with Crippen LogP contribution in [-0.4, -0.2) is 20.0 Å². The van der Waals surface area contributed by atoms with Gasteiger partial charge in [0.15, 0.2) is 0 Å². The molecule has 0 amide bonds. The SMILES string of the molecule is O=[N+]([O-])c1ccc2[nH]cc(C(c3ccccc3CO)c3c[nH]c4ccccc34)c2c1. The molecular formula is C24H19N3O3. The van der Waals surface area contributed by atoms with Crippen molar-refractivity contribution in [3.8, 4) is 0 Å². The molecule has 1 atom stereocenters. The summed E-state index contributed by atoms with van der Waals surface area (Å²) in [5.74, 6) is -0.208. The molecule has 30 heavy (non-hydrogen) atoms. The lowest BCUT2D eigenvalue weighted by Gasteiger charge is -2.20. The molecule has 5 aromatic rings. The summed E-state index contributed by atoms with van der Waals surface area (Å²) in [6.45, 7) is -0.0858. The molecule has 2 heterocycles. The summed E-state index contributed by atoms with van der Waals surface area (Å²) in [6.07, 6.45) is 3.90. The Labute approximate surface area is 172 Å². The topological polar surface area (TPSA) is 94.9 Å². The molecule has 0 saturated heterocycles. The number of aliphatic hydroxyl groups excluding tert-OH is 1. The summed E-state index contributed by atoms with van der Waals surface area (Å²) >= 11 is 0. The number of fused-ring (bicyclic) bond motifs is 2. The van der Waals surface area contributed by atoms with Gasteiger partial charge in [0, 0.05) is 52.3 Å². The first-order valence-electron chi connectivity index (χ1n) is 9.67. The minimum Gasteiger partial charge on any atom is -0.392 e. The van der Waals surface area contributed by atoms with Crippen LogP contribution in [-0.2, 0) is 6.61 Å². The van der Waals surface area contributed by atoms with Gasteiger partial charge in [0.25, 0.3) is 5.69 Å². The normalized spacial score (nSPS) is 12.4. The number of nitro groups is 1. The van der Waals surface area contributed by atoms with Gasteiger partial charge in [-0.1, -0.05) is 42.5 Å². The zero-order chi connectivity index (χ0) is 20.7. The summed E-state index contributed by atoms with van der Waals surface area (Å²) in [4.78, 5) is 17.6. The second kappa shape index (κ2) is 7.17. The third-order valence-electron chi connectivity index (χ3n) is 5.69. The summed E-state index contributed by atoms with van der Waals surface area (Å²) < 4.78 is 0. The quantitative estimate of drug-likeness (QED) is 0.280. The molecule has 6 nitrogen and oxygen atoms in total. The fraction of sp³-hybridized carbons (Fsp3) is 0.0833. The molecule has 0 aliphatic carbocycles. The van der Waals surface area contributed by atoms with E-state index < -0.39 is 0 Å². The molecule has 0 fully saturated rings. The summed E-state index contributed by atoms with van der Waals surface area (Å²) in [6, 6.07) is 20.7. The molecule has 5 rings (SSSR count). The van der Waals surface area contributed by atoms with E-state index in [1.54, 1.807) is 12.1 Å². The van der Waals surface area contributed by atoms with Crippen molar-refractivity contribution < 1.29 is 10.0 Å². The number of nitrogens with one attached hydrogen (secondary N) is 2. The van der Waals surface area contributed by atoms with Crippen LogP contribution in [0.2, 0.25) is 0 Å². The van der Waals surface area contributed by atoms with Gasteiger partial charge < -0.3 is 15.1 Å². The van der Waals surface area contributed by atoms with Gasteiger partial charge >= 0.3 is 0 Å². The number of rotatable bonds is 5. The van der Waals surface area contributed by atoms with Crippen molar-refractivity contribution in [3.63, 3.8) is 0 Å². The van der Waals surface area contributed by atoms with Crippen LogP contribution in [0.25, 0.3) is 21.8 Å². The lowest BCUT2D eigenvalue weighted by atomic mass is 9.82. The number of aromatic amines is 2. The van der Waals surface area contributed by atoms with Crippen molar-refractivity contribution in [3.05, 3.63) is 111 Å². The Bertz CT molecular complexity index is 1380. The third kappa shape index (κ3) is 2.86. The Morgan fingerprint density at radius 1 is 0.833 bits per heavy atom. The number of aliphatic hydroxyl groups is 1. The molecule has 3 aromatic carbocycles. The minimum atomic E-state index is -0.376.